The molecule has 0 aliphatic heterocycles. The number of benzene rings is 1. The molecular weight excluding hydrogens is 322 g/mol. The van der Waals surface area contributed by atoms with Crippen molar-refractivity contribution in [3.05, 3.63) is 27.7 Å². The highest BCUT2D eigenvalue weighted by Crippen LogP contribution is 2.58. The maximum Gasteiger partial charge on any atom is 0.307 e. The molecule has 0 heterocycles. The van der Waals surface area contributed by atoms with Crippen molar-refractivity contribution in [1.29, 1.82) is 0 Å². The summed E-state index contributed by atoms with van der Waals surface area (Å²) in [5.74, 6) is -2.18. The average Bonchev–Trinajstić information content (AvgIpc) is 2.86. The quantitative estimate of drug-likeness (QED) is 0.887. The van der Waals surface area contributed by atoms with Gasteiger partial charge in [0.15, 0.2) is 0 Å². The van der Waals surface area contributed by atoms with Crippen LogP contribution in [0.1, 0.15) is 25.0 Å². The van der Waals surface area contributed by atoms with Crippen molar-refractivity contribution in [1.82, 2.24) is 0 Å². The number of nitrogens with one attached hydrogen (secondary N) is 1. The molecular formula is C15H18BrNO3. The SMILES string of the molecule is Cc1cc(Br)cc(C)c1NC(=O)C1C(C(=O)O)C1(C)C. The molecule has 1 saturated carbocycles. The number of rotatable bonds is 3. The second-order valence-electron chi connectivity index (χ2n) is 6.02. The van der Waals surface area contributed by atoms with Gasteiger partial charge in [-0.1, -0.05) is 29.8 Å². The molecule has 1 aliphatic carbocycles. The van der Waals surface area contributed by atoms with Crippen LogP contribution in [0, 0.1) is 31.1 Å². The molecule has 0 spiro atoms. The zero-order valence-electron chi connectivity index (χ0n) is 12.0. The van der Waals surface area contributed by atoms with Gasteiger partial charge in [0.1, 0.15) is 0 Å². The maximum absolute atomic E-state index is 12.3. The largest absolute Gasteiger partial charge is 0.481 e. The Morgan fingerprint density at radius 1 is 1.20 bits per heavy atom. The first-order chi connectivity index (χ1) is 9.16. The van der Waals surface area contributed by atoms with Crippen molar-refractivity contribution in [3.8, 4) is 0 Å². The summed E-state index contributed by atoms with van der Waals surface area (Å²) in [5.41, 5.74) is 2.20. The summed E-state index contributed by atoms with van der Waals surface area (Å²) in [6, 6.07) is 3.85. The van der Waals surface area contributed by atoms with Gasteiger partial charge in [-0.25, -0.2) is 0 Å². The highest BCUT2D eigenvalue weighted by molar-refractivity contribution is 9.10. The van der Waals surface area contributed by atoms with E-state index in [-0.39, 0.29) is 5.91 Å². The van der Waals surface area contributed by atoms with Crippen LogP contribution in [0.15, 0.2) is 16.6 Å². The van der Waals surface area contributed by atoms with Gasteiger partial charge in [-0.15, -0.1) is 0 Å². The van der Waals surface area contributed by atoms with Crippen LogP contribution in [0.5, 0.6) is 0 Å². The minimum atomic E-state index is -0.903. The molecule has 108 valence electrons. The summed E-state index contributed by atoms with van der Waals surface area (Å²) >= 11 is 3.41. The van der Waals surface area contributed by atoms with E-state index in [4.69, 9.17) is 5.11 Å². The lowest BCUT2D eigenvalue weighted by molar-refractivity contribution is -0.140. The van der Waals surface area contributed by atoms with E-state index in [1.165, 1.54) is 0 Å². The summed E-state index contributed by atoms with van der Waals surface area (Å²) in [5, 5.41) is 12.0. The van der Waals surface area contributed by atoms with Gasteiger partial charge in [0.05, 0.1) is 11.8 Å². The Labute approximate surface area is 126 Å². The lowest BCUT2D eigenvalue weighted by Crippen LogP contribution is -2.19. The summed E-state index contributed by atoms with van der Waals surface area (Å²) < 4.78 is 0.959. The molecule has 4 nitrogen and oxygen atoms in total. The molecule has 0 bridgehead atoms. The highest BCUT2D eigenvalue weighted by Gasteiger charge is 2.65. The van der Waals surface area contributed by atoms with Gasteiger partial charge in [-0.05, 0) is 42.5 Å². The molecule has 0 radical (unpaired) electrons. The normalized spacial score (nSPS) is 23.2. The fourth-order valence-electron chi connectivity index (χ4n) is 2.90. The Morgan fingerprint density at radius 3 is 2.10 bits per heavy atom. The first-order valence-corrected chi connectivity index (χ1v) is 7.26. The zero-order valence-corrected chi connectivity index (χ0v) is 13.5. The first-order valence-electron chi connectivity index (χ1n) is 6.46. The molecule has 1 fully saturated rings. The third-order valence-electron chi connectivity index (χ3n) is 4.12. The third kappa shape index (κ3) is 2.46. The van der Waals surface area contributed by atoms with Crippen LogP contribution in [0.4, 0.5) is 5.69 Å². The summed E-state index contributed by atoms with van der Waals surface area (Å²) in [7, 11) is 0. The Hall–Kier alpha value is -1.36. The molecule has 1 aliphatic rings. The Kier molecular flexibility index (Phi) is 3.67. The van der Waals surface area contributed by atoms with Crippen LogP contribution in [0.25, 0.3) is 0 Å². The summed E-state index contributed by atoms with van der Waals surface area (Å²) in [6.45, 7) is 7.47. The van der Waals surface area contributed by atoms with Crippen molar-refractivity contribution in [3.63, 3.8) is 0 Å². The standard InChI is InChI=1S/C15H18BrNO3/c1-7-5-9(16)6-8(2)12(7)17-13(18)10-11(14(19)20)15(10,3)4/h5-6,10-11H,1-4H3,(H,17,18)(H,19,20). The lowest BCUT2D eigenvalue weighted by Gasteiger charge is -2.13. The summed E-state index contributed by atoms with van der Waals surface area (Å²) in [4.78, 5) is 23.4. The summed E-state index contributed by atoms with van der Waals surface area (Å²) in [6.07, 6.45) is 0. The van der Waals surface area contributed by atoms with E-state index in [1.54, 1.807) is 0 Å². The Bertz CT molecular complexity index is 572. The fourth-order valence-corrected chi connectivity index (χ4v) is 3.58. The predicted molar refractivity (Wildman–Crippen MR) is 80.6 cm³/mol. The second kappa shape index (κ2) is 4.88. The molecule has 0 saturated heterocycles. The Morgan fingerprint density at radius 2 is 1.70 bits per heavy atom. The third-order valence-corrected chi connectivity index (χ3v) is 4.58. The monoisotopic (exact) mass is 339 g/mol. The number of hydrogen-bond acceptors (Lipinski definition) is 2. The molecule has 2 N–H and O–H groups in total. The number of aryl methyl sites for hydroxylation is 2. The highest BCUT2D eigenvalue weighted by atomic mass is 79.9. The number of aliphatic carboxylic acids is 1. The molecule has 2 unspecified atom stereocenters. The van der Waals surface area contributed by atoms with Gasteiger partial charge >= 0.3 is 5.97 Å². The van der Waals surface area contributed by atoms with Crippen molar-refractivity contribution < 1.29 is 14.7 Å². The van der Waals surface area contributed by atoms with Gasteiger partial charge in [0, 0.05) is 10.2 Å². The number of carboxylic acids is 1. The number of carbonyl (C=O) groups is 2. The van der Waals surface area contributed by atoms with Gasteiger partial charge in [-0.2, -0.15) is 0 Å². The molecule has 20 heavy (non-hydrogen) atoms. The predicted octanol–water partition coefficient (Wildman–Crippen LogP) is 3.36. The number of anilines is 1. The van der Waals surface area contributed by atoms with Crippen LogP contribution < -0.4 is 5.32 Å². The molecule has 1 aromatic rings. The molecule has 1 aromatic carbocycles. The van der Waals surface area contributed by atoms with E-state index >= 15 is 0 Å². The van der Waals surface area contributed by atoms with Crippen molar-refractivity contribution in [2.24, 2.45) is 17.3 Å². The minimum absolute atomic E-state index is 0.212. The Balaban J connectivity index is 2.20. The van der Waals surface area contributed by atoms with Gasteiger partial charge in [-0.3, -0.25) is 9.59 Å². The van der Waals surface area contributed by atoms with Crippen LogP contribution in [-0.4, -0.2) is 17.0 Å². The van der Waals surface area contributed by atoms with E-state index < -0.39 is 23.2 Å². The molecule has 1 amide bonds. The van der Waals surface area contributed by atoms with E-state index in [9.17, 15) is 9.59 Å². The van der Waals surface area contributed by atoms with Crippen LogP contribution >= 0.6 is 15.9 Å². The first kappa shape index (κ1) is 15.0. The number of carbonyl (C=O) groups excluding carboxylic acids is 1. The topological polar surface area (TPSA) is 66.4 Å². The number of halogens is 1. The lowest BCUT2D eigenvalue weighted by atomic mass is 10.1. The van der Waals surface area contributed by atoms with Crippen LogP contribution in [-0.2, 0) is 9.59 Å². The van der Waals surface area contributed by atoms with Crippen molar-refractivity contribution >= 4 is 33.5 Å². The van der Waals surface area contributed by atoms with E-state index in [2.05, 4.69) is 21.2 Å². The molecule has 0 aromatic heterocycles. The van der Waals surface area contributed by atoms with Gasteiger partial charge in [0.25, 0.3) is 0 Å². The molecule has 2 atom stereocenters. The number of hydrogen-bond donors (Lipinski definition) is 2. The smallest absolute Gasteiger partial charge is 0.307 e. The van der Waals surface area contributed by atoms with E-state index in [0.29, 0.717) is 0 Å². The van der Waals surface area contributed by atoms with Gasteiger partial charge in [0.2, 0.25) is 5.91 Å². The van der Waals surface area contributed by atoms with E-state index in [1.807, 2.05) is 39.8 Å². The zero-order chi connectivity index (χ0) is 15.2. The molecule has 2 rings (SSSR count). The van der Waals surface area contributed by atoms with Gasteiger partial charge < -0.3 is 10.4 Å². The molecule has 5 heteroatoms. The second-order valence-corrected chi connectivity index (χ2v) is 6.93. The average molecular weight is 340 g/mol. The van der Waals surface area contributed by atoms with Crippen LogP contribution in [0.3, 0.4) is 0 Å². The number of carboxylic acid groups (broad SMARTS) is 1. The minimum Gasteiger partial charge on any atom is -0.481 e. The van der Waals surface area contributed by atoms with Crippen LogP contribution in [0.2, 0.25) is 0 Å². The number of amides is 1. The van der Waals surface area contributed by atoms with Crippen molar-refractivity contribution in [2.75, 3.05) is 5.32 Å². The van der Waals surface area contributed by atoms with Crippen molar-refractivity contribution in [2.45, 2.75) is 27.7 Å². The fraction of sp³-hybridized carbons (Fsp3) is 0.467. The van der Waals surface area contributed by atoms with E-state index in [0.717, 1.165) is 21.3 Å². The maximum atomic E-state index is 12.3.